The van der Waals surface area contributed by atoms with Crippen molar-refractivity contribution in [2.45, 2.75) is 297 Å². The van der Waals surface area contributed by atoms with E-state index in [0.717, 1.165) is 83.5 Å². The minimum atomic E-state index is -0.790. The van der Waals surface area contributed by atoms with Crippen molar-refractivity contribution < 1.29 is 28.6 Å². The van der Waals surface area contributed by atoms with Crippen LogP contribution in [0.4, 0.5) is 0 Å². The van der Waals surface area contributed by atoms with Crippen LogP contribution >= 0.6 is 0 Å². The first-order chi connectivity index (χ1) is 32.0. The van der Waals surface area contributed by atoms with Gasteiger partial charge in [-0.2, -0.15) is 0 Å². The summed E-state index contributed by atoms with van der Waals surface area (Å²) in [5.41, 5.74) is 0. The molecule has 0 fully saturated rings. The Balaban J connectivity index is 4.41. The van der Waals surface area contributed by atoms with Gasteiger partial charge in [0.15, 0.2) is 6.10 Å². The monoisotopic (exact) mass is 911 g/mol. The van der Waals surface area contributed by atoms with Crippen LogP contribution in [0.15, 0.2) is 48.6 Å². The molecule has 0 N–H and O–H groups in total. The summed E-state index contributed by atoms with van der Waals surface area (Å²) in [4.78, 5) is 38.1. The highest BCUT2D eigenvalue weighted by Gasteiger charge is 2.19. The highest BCUT2D eigenvalue weighted by atomic mass is 16.6. The van der Waals surface area contributed by atoms with Gasteiger partial charge in [-0.05, 0) is 83.5 Å². The third-order valence-corrected chi connectivity index (χ3v) is 12.3. The first-order valence-corrected chi connectivity index (χ1v) is 28.1. The van der Waals surface area contributed by atoms with Crippen LogP contribution in [0.25, 0.3) is 0 Å². The van der Waals surface area contributed by atoms with Gasteiger partial charge >= 0.3 is 17.9 Å². The molecule has 0 aromatic carbocycles. The zero-order valence-corrected chi connectivity index (χ0v) is 43.3. The van der Waals surface area contributed by atoms with Crippen LogP contribution in [0.1, 0.15) is 290 Å². The average molecular weight is 911 g/mol. The summed E-state index contributed by atoms with van der Waals surface area (Å²) in [6, 6.07) is 0. The number of rotatable bonds is 51. The molecule has 0 heterocycles. The molecule has 0 aliphatic heterocycles. The second-order valence-electron chi connectivity index (χ2n) is 18.8. The highest BCUT2D eigenvalue weighted by Crippen LogP contribution is 2.16. The predicted molar refractivity (Wildman–Crippen MR) is 279 cm³/mol. The van der Waals surface area contributed by atoms with Gasteiger partial charge in [-0.15, -0.1) is 0 Å². The Morgan fingerprint density at radius 2 is 0.554 bits per heavy atom. The summed E-state index contributed by atoms with van der Waals surface area (Å²) in [5, 5.41) is 0. The van der Waals surface area contributed by atoms with Crippen molar-refractivity contribution in [2.75, 3.05) is 13.2 Å². The Kier molecular flexibility index (Phi) is 51.8. The van der Waals surface area contributed by atoms with Gasteiger partial charge in [-0.25, -0.2) is 0 Å². The number of ether oxygens (including phenoxy) is 3. The van der Waals surface area contributed by atoms with E-state index in [0.29, 0.717) is 19.3 Å². The van der Waals surface area contributed by atoms with Crippen molar-refractivity contribution in [3.63, 3.8) is 0 Å². The van der Waals surface area contributed by atoms with Gasteiger partial charge in [-0.3, -0.25) is 14.4 Å². The standard InChI is InChI=1S/C59H106O6/c1-4-7-10-13-16-19-22-25-28-29-32-34-37-40-43-46-49-52-58(61)64-55-56(65-59(62)53-50-47-44-41-38-35-31-27-24-21-18-15-12-9-6-3)54-63-57(60)51-48-45-42-39-36-33-30-26-23-20-17-14-11-8-5-2/h17,20,26-27,30-31,36,39,56H,4-16,18-19,21-25,28-29,32-35,37-38,40-55H2,1-3H3/b20-17-,30-26-,31-27-,39-36-/t56-/m1/s1. The normalized spacial score (nSPS) is 12.4. The van der Waals surface area contributed by atoms with Gasteiger partial charge in [0.25, 0.3) is 0 Å². The van der Waals surface area contributed by atoms with Crippen molar-refractivity contribution >= 4 is 17.9 Å². The molecule has 0 aliphatic carbocycles. The molecule has 0 bridgehead atoms. The minimum absolute atomic E-state index is 0.0856. The molecule has 0 amide bonds. The fourth-order valence-corrected chi connectivity index (χ4v) is 8.03. The molecule has 0 radical (unpaired) electrons. The molecule has 0 spiro atoms. The van der Waals surface area contributed by atoms with E-state index in [2.05, 4.69) is 69.4 Å². The molecule has 0 unspecified atom stereocenters. The Bertz CT molecular complexity index is 1140. The molecule has 0 saturated heterocycles. The Morgan fingerprint density at radius 3 is 0.938 bits per heavy atom. The van der Waals surface area contributed by atoms with Crippen LogP contribution in [-0.2, 0) is 28.6 Å². The summed E-state index contributed by atoms with van der Waals surface area (Å²) in [7, 11) is 0. The number of carbonyl (C=O) groups excluding carboxylic acids is 3. The third kappa shape index (κ3) is 52.2. The van der Waals surface area contributed by atoms with Crippen LogP contribution in [-0.4, -0.2) is 37.2 Å². The number of hydrogen-bond acceptors (Lipinski definition) is 6. The predicted octanol–water partition coefficient (Wildman–Crippen LogP) is 18.7. The first kappa shape index (κ1) is 62.4. The molecule has 0 aromatic rings. The lowest BCUT2D eigenvalue weighted by Crippen LogP contribution is -2.30. The van der Waals surface area contributed by atoms with Crippen molar-refractivity contribution in [3.05, 3.63) is 48.6 Å². The van der Waals surface area contributed by atoms with Crippen molar-refractivity contribution in [1.82, 2.24) is 0 Å². The zero-order valence-electron chi connectivity index (χ0n) is 43.3. The van der Waals surface area contributed by atoms with Gasteiger partial charge < -0.3 is 14.2 Å². The van der Waals surface area contributed by atoms with Gasteiger partial charge in [0, 0.05) is 19.3 Å². The lowest BCUT2D eigenvalue weighted by Gasteiger charge is -2.18. The Morgan fingerprint density at radius 1 is 0.308 bits per heavy atom. The molecule has 0 rings (SSSR count). The smallest absolute Gasteiger partial charge is 0.306 e. The second kappa shape index (κ2) is 54.0. The van der Waals surface area contributed by atoms with Crippen molar-refractivity contribution in [2.24, 2.45) is 0 Å². The molecular formula is C59H106O6. The van der Waals surface area contributed by atoms with E-state index in [9.17, 15) is 14.4 Å². The quantitative estimate of drug-likeness (QED) is 0.0262. The van der Waals surface area contributed by atoms with Crippen LogP contribution < -0.4 is 0 Å². The summed E-state index contributed by atoms with van der Waals surface area (Å²) < 4.78 is 16.8. The fraction of sp³-hybridized carbons (Fsp3) is 0.814. The number of unbranched alkanes of at least 4 members (excludes halogenated alkanes) is 32. The fourth-order valence-electron chi connectivity index (χ4n) is 8.03. The zero-order chi connectivity index (χ0) is 47.2. The van der Waals surface area contributed by atoms with E-state index in [1.54, 1.807) is 0 Å². The maximum absolute atomic E-state index is 12.8. The van der Waals surface area contributed by atoms with Crippen LogP contribution in [0.3, 0.4) is 0 Å². The van der Waals surface area contributed by atoms with E-state index in [4.69, 9.17) is 14.2 Å². The molecule has 1 atom stereocenters. The molecule has 65 heavy (non-hydrogen) atoms. The van der Waals surface area contributed by atoms with Gasteiger partial charge in [-0.1, -0.05) is 236 Å². The van der Waals surface area contributed by atoms with Gasteiger partial charge in [0.1, 0.15) is 13.2 Å². The molecule has 0 aliphatic rings. The van der Waals surface area contributed by atoms with Gasteiger partial charge in [0.05, 0.1) is 0 Å². The number of allylic oxidation sites excluding steroid dienone is 8. The van der Waals surface area contributed by atoms with E-state index < -0.39 is 6.10 Å². The van der Waals surface area contributed by atoms with Crippen LogP contribution in [0.2, 0.25) is 0 Å². The van der Waals surface area contributed by atoms with Gasteiger partial charge in [0.2, 0.25) is 0 Å². The Hall–Kier alpha value is -2.63. The minimum Gasteiger partial charge on any atom is -0.462 e. The Labute approximate surface area is 403 Å². The number of esters is 3. The van der Waals surface area contributed by atoms with E-state index >= 15 is 0 Å². The highest BCUT2D eigenvalue weighted by molar-refractivity contribution is 5.71. The molecule has 378 valence electrons. The first-order valence-electron chi connectivity index (χ1n) is 28.1. The average Bonchev–Trinajstić information content (AvgIpc) is 3.30. The molecule has 0 aromatic heterocycles. The summed E-state index contributed by atoms with van der Waals surface area (Å²) in [5.74, 6) is -0.921. The lowest BCUT2D eigenvalue weighted by molar-refractivity contribution is -0.167. The topological polar surface area (TPSA) is 78.9 Å². The largest absolute Gasteiger partial charge is 0.462 e. The lowest BCUT2D eigenvalue weighted by atomic mass is 10.0. The molecule has 6 heteroatoms. The third-order valence-electron chi connectivity index (χ3n) is 12.3. The van der Waals surface area contributed by atoms with Crippen molar-refractivity contribution in [1.29, 1.82) is 0 Å². The van der Waals surface area contributed by atoms with Crippen LogP contribution in [0.5, 0.6) is 0 Å². The van der Waals surface area contributed by atoms with E-state index in [1.807, 2.05) is 0 Å². The summed E-state index contributed by atoms with van der Waals surface area (Å²) in [6.45, 7) is 6.60. The second-order valence-corrected chi connectivity index (χ2v) is 18.8. The number of carbonyl (C=O) groups is 3. The molecular weight excluding hydrogens is 805 g/mol. The number of hydrogen-bond donors (Lipinski definition) is 0. The van der Waals surface area contributed by atoms with Crippen LogP contribution in [0, 0.1) is 0 Å². The maximum atomic E-state index is 12.8. The maximum Gasteiger partial charge on any atom is 0.306 e. The van der Waals surface area contributed by atoms with E-state index in [-0.39, 0.29) is 31.1 Å². The molecule has 0 saturated carbocycles. The molecule has 6 nitrogen and oxygen atoms in total. The van der Waals surface area contributed by atoms with Crippen molar-refractivity contribution in [3.8, 4) is 0 Å². The summed E-state index contributed by atoms with van der Waals surface area (Å²) in [6.07, 6.45) is 65.3. The summed E-state index contributed by atoms with van der Waals surface area (Å²) >= 11 is 0. The SMILES string of the molecule is CCCCC/C=C\C/C=C\C/C=C\CCCCC(=O)OC[C@H](COC(=O)CCCCCCCCCCCCCCCCCCC)OC(=O)CCCCCCC/C=C\CCCCCCCC. The van der Waals surface area contributed by atoms with E-state index in [1.165, 1.54) is 167 Å².